The second-order valence-corrected chi connectivity index (χ2v) is 12.9. The van der Waals surface area contributed by atoms with Crippen LogP contribution in [0.4, 0.5) is 0 Å². The third kappa shape index (κ3) is 16.6. The monoisotopic (exact) mass is 347 g/mol. The summed E-state index contributed by atoms with van der Waals surface area (Å²) < 4.78 is 0. The second kappa shape index (κ2) is 7.04. The van der Waals surface area contributed by atoms with Crippen LogP contribution in [-0.4, -0.2) is 0 Å². The first kappa shape index (κ1) is 8.04. The fourth-order valence-electron chi connectivity index (χ4n) is 0. The van der Waals surface area contributed by atoms with Gasteiger partial charge in [-0.2, -0.15) is 0 Å². The standard InChI is InChI=1S/C3H6.2HI.V/c1-2-3-1;;;/h1-3H2;2*1H;/q;;;+2/p-2. The van der Waals surface area contributed by atoms with Gasteiger partial charge in [0.05, 0.1) is 0 Å². The van der Waals surface area contributed by atoms with Crippen LogP contribution in [-0.2, 0) is 9.47 Å². The predicted octanol–water partition coefficient (Wildman–Crippen LogP) is 2.94. The summed E-state index contributed by atoms with van der Waals surface area (Å²) in [4.78, 5) is 0. The first-order valence-electron chi connectivity index (χ1n) is 1.84. The van der Waals surface area contributed by atoms with Gasteiger partial charge in [0.1, 0.15) is 0 Å². The van der Waals surface area contributed by atoms with Crippen LogP contribution in [0.3, 0.4) is 0 Å². The SMILES string of the molecule is C1CC1.[I][V][I]. The van der Waals surface area contributed by atoms with Gasteiger partial charge < -0.3 is 0 Å². The molecule has 6 heavy (non-hydrogen) atoms. The molecule has 1 aliphatic carbocycles. The zero-order valence-electron chi connectivity index (χ0n) is 3.32. The minimum absolute atomic E-state index is 0.628. The third-order valence-electron chi connectivity index (χ3n) is 0.354. The molecule has 0 heterocycles. The van der Waals surface area contributed by atoms with E-state index in [1.54, 1.807) is 0 Å². The molecule has 0 aliphatic heterocycles. The van der Waals surface area contributed by atoms with Gasteiger partial charge in [0.15, 0.2) is 0 Å². The fourth-order valence-corrected chi connectivity index (χ4v) is 0. The molecule has 0 spiro atoms. The Kier molecular flexibility index (Phi) is 9.44. The van der Waals surface area contributed by atoms with Crippen LogP contribution in [0.1, 0.15) is 19.3 Å². The zero-order chi connectivity index (χ0) is 4.83. The molecule has 0 atom stereocenters. The van der Waals surface area contributed by atoms with Crippen molar-refractivity contribution in [3.8, 4) is 0 Å². The first-order valence-corrected chi connectivity index (χ1v) is 10.9. The van der Waals surface area contributed by atoms with Crippen LogP contribution >= 0.6 is 40.0 Å². The molecule has 0 aromatic carbocycles. The molecule has 0 aromatic heterocycles. The van der Waals surface area contributed by atoms with Gasteiger partial charge in [0.2, 0.25) is 0 Å². The molecule has 0 saturated heterocycles. The van der Waals surface area contributed by atoms with Gasteiger partial charge in [-0.05, 0) is 0 Å². The summed E-state index contributed by atoms with van der Waals surface area (Å²) in [6.07, 6.45) is 4.50. The first-order chi connectivity index (χ1) is 2.91. The number of hydrogen-bond donors (Lipinski definition) is 0. The van der Waals surface area contributed by atoms with Gasteiger partial charge in [0, 0.05) is 0 Å². The topological polar surface area (TPSA) is 0 Å². The Labute approximate surface area is 67.7 Å². The summed E-state index contributed by atoms with van der Waals surface area (Å²) >= 11 is 4.74. The van der Waals surface area contributed by atoms with Gasteiger partial charge in [-0.25, -0.2) is 0 Å². The van der Waals surface area contributed by atoms with Gasteiger partial charge in [-0.15, -0.1) is 0 Å². The van der Waals surface area contributed by atoms with Crippen LogP contribution in [0.15, 0.2) is 0 Å². The summed E-state index contributed by atoms with van der Waals surface area (Å²) in [5, 5.41) is 0. The Hall–Kier alpha value is 2.04. The van der Waals surface area contributed by atoms with Crippen molar-refractivity contribution in [3.63, 3.8) is 0 Å². The van der Waals surface area contributed by atoms with Gasteiger partial charge in [-0.1, -0.05) is 19.3 Å². The molecular formula is C3H6I2V. The van der Waals surface area contributed by atoms with E-state index in [4.69, 9.17) is 0 Å². The maximum atomic E-state index is 2.37. The molecule has 1 fully saturated rings. The summed E-state index contributed by atoms with van der Waals surface area (Å²) in [5.74, 6) is 0. The van der Waals surface area contributed by atoms with Crippen molar-refractivity contribution >= 4 is 40.0 Å². The molecule has 0 aromatic rings. The van der Waals surface area contributed by atoms with E-state index in [1.165, 1.54) is 19.3 Å². The van der Waals surface area contributed by atoms with E-state index < -0.39 is 0 Å². The van der Waals surface area contributed by atoms with Crippen LogP contribution in [0.25, 0.3) is 0 Å². The van der Waals surface area contributed by atoms with E-state index in [9.17, 15) is 0 Å². The number of rotatable bonds is 0. The Morgan fingerprint density at radius 2 is 1.17 bits per heavy atom. The molecule has 3 heteroatoms. The molecule has 1 saturated carbocycles. The van der Waals surface area contributed by atoms with Crippen molar-refractivity contribution in [1.29, 1.82) is 0 Å². The Bertz CT molecular complexity index is 20.0. The molecule has 1 rings (SSSR count). The van der Waals surface area contributed by atoms with Crippen molar-refractivity contribution < 1.29 is 9.47 Å². The van der Waals surface area contributed by atoms with E-state index in [0.717, 1.165) is 0 Å². The van der Waals surface area contributed by atoms with E-state index in [1.807, 2.05) is 0 Å². The van der Waals surface area contributed by atoms with Crippen molar-refractivity contribution in [2.45, 2.75) is 19.3 Å². The quantitative estimate of drug-likeness (QED) is 0.592. The summed E-state index contributed by atoms with van der Waals surface area (Å²) in [6, 6.07) is 0. The molecule has 0 unspecified atom stereocenters. The molecular weight excluding hydrogens is 341 g/mol. The molecule has 0 bridgehead atoms. The van der Waals surface area contributed by atoms with Gasteiger partial charge in [0.25, 0.3) is 0 Å². The summed E-state index contributed by atoms with van der Waals surface area (Å²) in [7, 11) is 0.628. The Balaban J connectivity index is 0.0000000833. The van der Waals surface area contributed by atoms with Crippen LogP contribution in [0.5, 0.6) is 0 Å². The molecule has 0 radical (unpaired) electrons. The Morgan fingerprint density at radius 3 is 1.17 bits per heavy atom. The Morgan fingerprint density at radius 1 is 1.00 bits per heavy atom. The molecule has 1 aliphatic rings. The number of hydrogen-bond acceptors (Lipinski definition) is 0. The van der Waals surface area contributed by atoms with Gasteiger partial charge >= 0.3 is 49.4 Å². The van der Waals surface area contributed by atoms with Gasteiger partial charge in [-0.3, -0.25) is 0 Å². The zero-order valence-corrected chi connectivity index (χ0v) is 9.04. The summed E-state index contributed by atoms with van der Waals surface area (Å²) in [5.41, 5.74) is 0. The third-order valence-corrected chi connectivity index (χ3v) is 0.354. The number of halogens is 2. The van der Waals surface area contributed by atoms with E-state index in [2.05, 4.69) is 40.0 Å². The molecule has 0 nitrogen and oxygen atoms in total. The summed E-state index contributed by atoms with van der Waals surface area (Å²) in [6.45, 7) is 0. The van der Waals surface area contributed by atoms with Crippen LogP contribution < -0.4 is 0 Å². The van der Waals surface area contributed by atoms with Crippen LogP contribution in [0.2, 0.25) is 0 Å². The maximum absolute atomic E-state index is 2.37. The van der Waals surface area contributed by atoms with E-state index in [-0.39, 0.29) is 0 Å². The molecule has 37 valence electrons. The van der Waals surface area contributed by atoms with Crippen molar-refractivity contribution in [3.05, 3.63) is 0 Å². The fraction of sp³-hybridized carbons (Fsp3) is 1.00. The van der Waals surface area contributed by atoms with Crippen molar-refractivity contribution in [2.24, 2.45) is 0 Å². The minimum atomic E-state index is 0.628. The van der Waals surface area contributed by atoms with E-state index in [0.29, 0.717) is 9.47 Å². The van der Waals surface area contributed by atoms with E-state index >= 15 is 0 Å². The normalized spacial score (nSPS) is 14.3. The average Bonchev–Trinajstić information content (AvgIpc) is 2.11. The molecule has 0 N–H and O–H groups in total. The second-order valence-electron chi connectivity index (χ2n) is 1.12. The predicted molar refractivity (Wildman–Crippen MR) is 41.9 cm³/mol. The van der Waals surface area contributed by atoms with Crippen molar-refractivity contribution in [1.82, 2.24) is 0 Å². The van der Waals surface area contributed by atoms with Crippen molar-refractivity contribution in [2.75, 3.05) is 0 Å². The molecule has 0 amide bonds. The average molecular weight is 347 g/mol. The van der Waals surface area contributed by atoms with Crippen LogP contribution in [0, 0.1) is 0 Å².